The van der Waals surface area contributed by atoms with Gasteiger partial charge in [-0.2, -0.15) is 0 Å². The number of rotatable bonds is 3. The van der Waals surface area contributed by atoms with Gasteiger partial charge in [0.05, 0.1) is 0 Å². The average Bonchev–Trinajstić information content (AvgIpc) is 2.67. The lowest BCUT2D eigenvalue weighted by Crippen LogP contribution is -2.35. The van der Waals surface area contributed by atoms with Gasteiger partial charge in [0.1, 0.15) is 11.3 Å². The minimum atomic E-state index is -0.0779. The van der Waals surface area contributed by atoms with E-state index >= 15 is 0 Å². The number of carbonyl (C=O) groups is 1. The van der Waals surface area contributed by atoms with Crippen LogP contribution in [0.15, 0.2) is 66.9 Å². The Morgan fingerprint density at radius 2 is 1.96 bits per heavy atom. The van der Waals surface area contributed by atoms with Gasteiger partial charge in [-0.3, -0.25) is 4.79 Å². The number of anilines is 1. The zero-order chi connectivity index (χ0) is 17.9. The van der Waals surface area contributed by atoms with Crippen LogP contribution < -0.4 is 9.64 Å². The highest BCUT2D eigenvalue weighted by molar-refractivity contribution is 14.1. The van der Waals surface area contributed by atoms with E-state index in [0.29, 0.717) is 23.7 Å². The molecular weight excluding hydrogens is 439 g/mol. The molecule has 0 bridgehead atoms. The molecule has 0 atom stereocenters. The fourth-order valence-corrected chi connectivity index (χ4v) is 3.68. The van der Waals surface area contributed by atoms with E-state index in [1.54, 1.807) is 18.3 Å². The molecule has 2 heterocycles. The van der Waals surface area contributed by atoms with Crippen LogP contribution in [-0.4, -0.2) is 17.4 Å². The maximum Gasteiger partial charge on any atom is 0.263 e. The molecule has 0 unspecified atom stereocenters. The number of carbonyl (C=O) groups excluding carboxylic acids is 1. The second kappa shape index (κ2) is 7.45. The molecule has 1 aromatic heterocycles. The Labute approximate surface area is 166 Å². The smallest absolute Gasteiger partial charge is 0.263 e. The van der Waals surface area contributed by atoms with Gasteiger partial charge in [0.2, 0.25) is 5.88 Å². The Balaban J connectivity index is 1.68. The third-order valence-corrected chi connectivity index (χ3v) is 5.04. The van der Waals surface area contributed by atoms with E-state index in [9.17, 15) is 4.79 Å². The van der Waals surface area contributed by atoms with Crippen molar-refractivity contribution in [2.45, 2.75) is 12.8 Å². The molecule has 0 saturated carbocycles. The van der Waals surface area contributed by atoms with E-state index in [0.717, 1.165) is 22.1 Å². The molecule has 0 spiro atoms. The summed E-state index contributed by atoms with van der Waals surface area (Å²) >= 11 is 2.23. The summed E-state index contributed by atoms with van der Waals surface area (Å²) in [5.41, 5.74) is 2.66. The van der Waals surface area contributed by atoms with Crippen molar-refractivity contribution in [2.24, 2.45) is 0 Å². The molecule has 1 amide bonds. The molecule has 0 fully saturated rings. The molecule has 2 aromatic carbocycles. The summed E-state index contributed by atoms with van der Waals surface area (Å²) in [6.45, 7) is 0.702. The topological polar surface area (TPSA) is 42.4 Å². The van der Waals surface area contributed by atoms with Crippen molar-refractivity contribution in [3.63, 3.8) is 0 Å². The van der Waals surface area contributed by atoms with Gasteiger partial charge in [-0.15, -0.1) is 0 Å². The SMILES string of the molecule is O=C(c1cccnc1Oc1cccc(I)c1)N1CCCc2ccccc21. The van der Waals surface area contributed by atoms with E-state index < -0.39 is 0 Å². The minimum absolute atomic E-state index is 0.0779. The molecule has 0 aliphatic carbocycles. The minimum Gasteiger partial charge on any atom is -0.438 e. The van der Waals surface area contributed by atoms with Gasteiger partial charge >= 0.3 is 0 Å². The fourth-order valence-electron chi connectivity index (χ4n) is 3.17. The highest BCUT2D eigenvalue weighted by Gasteiger charge is 2.26. The van der Waals surface area contributed by atoms with Crippen molar-refractivity contribution in [3.8, 4) is 11.6 Å². The summed E-state index contributed by atoms with van der Waals surface area (Å²) in [5, 5.41) is 0. The molecule has 4 nitrogen and oxygen atoms in total. The highest BCUT2D eigenvalue weighted by Crippen LogP contribution is 2.31. The number of ether oxygens (including phenoxy) is 1. The van der Waals surface area contributed by atoms with Crippen molar-refractivity contribution >= 4 is 34.2 Å². The highest BCUT2D eigenvalue weighted by atomic mass is 127. The molecule has 0 saturated heterocycles. The zero-order valence-corrected chi connectivity index (χ0v) is 16.2. The number of amides is 1. The predicted octanol–water partition coefficient (Wildman–Crippen LogP) is 5.07. The summed E-state index contributed by atoms with van der Waals surface area (Å²) in [6.07, 6.45) is 3.60. The number of aromatic nitrogens is 1. The molecule has 1 aliphatic rings. The molecule has 4 rings (SSSR count). The molecule has 26 heavy (non-hydrogen) atoms. The quantitative estimate of drug-likeness (QED) is 0.517. The van der Waals surface area contributed by atoms with E-state index in [2.05, 4.69) is 33.6 Å². The van der Waals surface area contributed by atoms with Crippen molar-refractivity contribution in [1.29, 1.82) is 0 Å². The molecule has 130 valence electrons. The van der Waals surface area contributed by atoms with Gasteiger partial charge in [-0.05, 0) is 77.4 Å². The summed E-state index contributed by atoms with van der Waals surface area (Å²) in [7, 11) is 0. The zero-order valence-electron chi connectivity index (χ0n) is 14.1. The third-order valence-electron chi connectivity index (χ3n) is 4.37. The first-order chi connectivity index (χ1) is 12.7. The lowest BCUT2D eigenvalue weighted by atomic mass is 10.0. The van der Waals surface area contributed by atoms with Gasteiger partial charge < -0.3 is 9.64 Å². The van der Waals surface area contributed by atoms with Crippen LogP contribution in [0.1, 0.15) is 22.3 Å². The van der Waals surface area contributed by atoms with Crippen LogP contribution in [0.3, 0.4) is 0 Å². The first-order valence-electron chi connectivity index (χ1n) is 8.50. The predicted molar refractivity (Wildman–Crippen MR) is 110 cm³/mol. The number of nitrogens with zero attached hydrogens (tertiary/aromatic N) is 2. The van der Waals surface area contributed by atoms with Gasteiger partial charge in [-0.1, -0.05) is 24.3 Å². The van der Waals surface area contributed by atoms with Gasteiger partial charge in [0.15, 0.2) is 0 Å². The summed E-state index contributed by atoms with van der Waals surface area (Å²) in [4.78, 5) is 19.4. The fraction of sp³-hybridized carbons (Fsp3) is 0.143. The van der Waals surface area contributed by atoms with Crippen molar-refractivity contribution in [2.75, 3.05) is 11.4 Å². The van der Waals surface area contributed by atoms with Gasteiger partial charge in [-0.25, -0.2) is 4.98 Å². The van der Waals surface area contributed by atoms with E-state index in [4.69, 9.17) is 4.74 Å². The first kappa shape index (κ1) is 17.0. The van der Waals surface area contributed by atoms with Crippen LogP contribution in [0.4, 0.5) is 5.69 Å². The molecule has 0 N–H and O–H groups in total. The standard InChI is InChI=1S/C21H17IN2O2/c22-16-8-3-9-17(14-16)26-20-18(10-4-12-23-20)21(25)24-13-5-7-15-6-1-2-11-19(15)24/h1-4,6,8-12,14H,5,7,13H2. The van der Waals surface area contributed by atoms with Gasteiger partial charge in [0, 0.05) is 22.0 Å². The molecule has 3 aromatic rings. The number of para-hydroxylation sites is 1. The number of fused-ring (bicyclic) bond motifs is 1. The van der Waals surface area contributed by atoms with E-state index in [1.165, 1.54) is 5.56 Å². The monoisotopic (exact) mass is 456 g/mol. The summed E-state index contributed by atoms with van der Waals surface area (Å²) < 4.78 is 6.99. The molecule has 1 aliphatic heterocycles. The normalized spacial score (nSPS) is 13.2. The second-order valence-electron chi connectivity index (χ2n) is 6.10. The number of benzene rings is 2. The summed E-state index contributed by atoms with van der Waals surface area (Å²) in [5.74, 6) is 0.928. The van der Waals surface area contributed by atoms with Gasteiger partial charge in [0.25, 0.3) is 5.91 Å². The van der Waals surface area contributed by atoms with Crippen molar-refractivity contribution < 1.29 is 9.53 Å². The lowest BCUT2D eigenvalue weighted by molar-refractivity contribution is 0.0982. The van der Waals surface area contributed by atoms with Crippen molar-refractivity contribution in [3.05, 3.63) is 81.6 Å². The second-order valence-corrected chi connectivity index (χ2v) is 7.35. The lowest BCUT2D eigenvalue weighted by Gasteiger charge is -2.29. The Hall–Kier alpha value is -2.41. The Bertz CT molecular complexity index is 958. The van der Waals surface area contributed by atoms with E-state index in [-0.39, 0.29) is 5.91 Å². The number of hydrogen-bond acceptors (Lipinski definition) is 3. The number of pyridine rings is 1. The van der Waals surface area contributed by atoms with Crippen LogP contribution in [0.2, 0.25) is 0 Å². The molecular formula is C21H17IN2O2. The van der Waals surface area contributed by atoms with E-state index in [1.807, 2.05) is 47.4 Å². The Kier molecular flexibility index (Phi) is 4.88. The third kappa shape index (κ3) is 3.44. The van der Waals surface area contributed by atoms with Crippen LogP contribution in [-0.2, 0) is 6.42 Å². The number of halogens is 1. The van der Waals surface area contributed by atoms with Crippen LogP contribution in [0.5, 0.6) is 11.6 Å². The van der Waals surface area contributed by atoms with Crippen LogP contribution in [0, 0.1) is 3.57 Å². The Morgan fingerprint density at radius 1 is 1.08 bits per heavy atom. The van der Waals surface area contributed by atoms with Crippen molar-refractivity contribution in [1.82, 2.24) is 4.98 Å². The Morgan fingerprint density at radius 3 is 2.85 bits per heavy atom. The average molecular weight is 456 g/mol. The maximum absolute atomic E-state index is 13.2. The largest absolute Gasteiger partial charge is 0.438 e. The molecule has 5 heteroatoms. The molecule has 0 radical (unpaired) electrons. The number of hydrogen-bond donors (Lipinski definition) is 0. The van der Waals surface area contributed by atoms with Crippen LogP contribution in [0.25, 0.3) is 0 Å². The summed E-state index contributed by atoms with van der Waals surface area (Å²) in [6, 6.07) is 19.3. The number of aryl methyl sites for hydroxylation is 1. The van der Waals surface area contributed by atoms with Crippen LogP contribution >= 0.6 is 22.6 Å². The first-order valence-corrected chi connectivity index (χ1v) is 9.58. The maximum atomic E-state index is 13.2.